The van der Waals surface area contributed by atoms with Crippen LogP contribution in [0.4, 0.5) is 0 Å². The fraction of sp³-hybridized carbons (Fsp3) is 0.263. The SMILES string of the molecule is Cc1cc(C(=O)NC(C)c2nnc3ccccn23)cc(C)c1OCC(=O)O. The summed E-state index contributed by atoms with van der Waals surface area (Å²) in [6, 6.07) is 8.59. The number of aromatic nitrogens is 3. The number of hydrogen-bond donors (Lipinski definition) is 2. The second kappa shape index (κ2) is 7.45. The molecule has 0 saturated heterocycles. The lowest BCUT2D eigenvalue weighted by Gasteiger charge is -2.15. The highest BCUT2D eigenvalue weighted by molar-refractivity contribution is 5.95. The molecule has 0 aliphatic rings. The van der Waals surface area contributed by atoms with E-state index < -0.39 is 12.6 Å². The fourth-order valence-corrected chi connectivity index (χ4v) is 2.94. The van der Waals surface area contributed by atoms with E-state index >= 15 is 0 Å². The van der Waals surface area contributed by atoms with Crippen LogP contribution in [0.15, 0.2) is 36.5 Å². The van der Waals surface area contributed by atoms with Gasteiger partial charge in [-0.2, -0.15) is 0 Å². The van der Waals surface area contributed by atoms with Crippen molar-refractivity contribution in [1.29, 1.82) is 0 Å². The lowest BCUT2D eigenvalue weighted by atomic mass is 10.0. The molecule has 2 N–H and O–H groups in total. The van der Waals surface area contributed by atoms with Gasteiger partial charge in [-0.05, 0) is 56.2 Å². The molecule has 8 heteroatoms. The van der Waals surface area contributed by atoms with Gasteiger partial charge in [-0.1, -0.05) is 6.07 Å². The first-order valence-electron chi connectivity index (χ1n) is 8.43. The molecule has 2 aromatic heterocycles. The average Bonchev–Trinajstić information content (AvgIpc) is 3.04. The zero-order valence-corrected chi connectivity index (χ0v) is 15.3. The summed E-state index contributed by atoms with van der Waals surface area (Å²) >= 11 is 0. The predicted octanol–water partition coefficient (Wildman–Crippen LogP) is 2.30. The number of nitrogens with zero attached hydrogens (tertiary/aromatic N) is 3. The summed E-state index contributed by atoms with van der Waals surface area (Å²) in [5.41, 5.74) is 2.57. The van der Waals surface area contributed by atoms with Gasteiger partial charge in [0.25, 0.3) is 5.91 Å². The molecule has 0 aliphatic heterocycles. The van der Waals surface area contributed by atoms with Crippen LogP contribution >= 0.6 is 0 Å². The molecular weight excluding hydrogens is 348 g/mol. The first-order valence-corrected chi connectivity index (χ1v) is 8.43. The molecule has 2 heterocycles. The topological polar surface area (TPSA) is 106 Å². The van der Waals surface area contributed by atoms with Crippen LogP contribution in [-0.2, 0) is 4.79 Å². The first-order chi connectivity index (χ1) is 12.9. The summed E-state index contributed by atoms with van der Waals surface area (Å²) < 4.78 is 7.12. The highest BCUT2D eigenvalue weighted by atomic mass is 16.5. The number of nitrogens with one attached hydrogen (secondary N) is 1. The van der Waals surface area contributed by atoms with Gasteiger partial charge in [0.1, 0.15) is 5.75 Å². The van der Waals surface area contributed by atoms with Crippen molar-refractivity contribution >= 4 is 17.5 Å². The summed E-state index contributed by atoms with van der Waals surface area (Å²) in [5, 5.41) is 19.9. The highest BCUT2D eigenvalue weighted by Gasteiger charge is 2.18. The number of hydrogen-bond acceptors (Lipinski definition) is 5. The molecule has 27 heavy (non-hydrogen) atoms. The third-order valence-electron chi connectivity index (χ3n) is 4.14. The van der Waals surface area contributed by atoms with Gasteiger partial charge < -0.3 is 15.2 Å². The molecular formula is C19H20N4O4. The molecule has 0 aliphatic carbocycles. The molecule has 1 amide bonds. The van der Waals surface area contributed by atoms with Crippen molar-refractivity contribution in [3.63, 3.8) is 0 Å². The normalized spacial score (nSPS) is 12.0. The summed E-state index contributed by atoms with van der Waals surface area (Å²) in [6.07, 6.45) is 1.84. The number of fused-ring (bicyclic) bond motifs is 1. The van der Waals surface area contributed by atoms with Gasteiger partial charge in [0.05, 0.1) is 6.04 Å². The molecule has 140 valence electrons. The smallest absolute Gasteiger partial charge is 0.341 e. The van der Waals surface area contributed by atoms with Crippen LogP contribution in [0.25, 0.3) is 5.65 Å². The molecule has 0 fully saturated rings. The Labute approximate surface area is 155 Å². The van der Waals surface area contributed by atoms with Crippen molar-refractivity contribution in [1.82, 2.24) is 19.9 Å². The van der Waals surface area contributed by atoms with Crippen LogP contribution in [-0.4, -0.2) is 38.2 Å². The largest absolute Gasteiger partial charge is 0.481 e. The monoisotopic (exact) mass is 368 g/mol. The van der Waals surface area contributed by atoms with Crippen molar-refractivity contribution < 1.29 is 19.4 Å². The number of amides is 1. The van der Waals surface area contributed by atoms with E-state index in [4.69, 9.17) is 9.84 Å². The molecule has 0 spiro atoms. The highest BCUT2D eigenvalue weighted by Crippen LogP contribution is 2.25. The van der Waals surface area contributed by atoms with Crippen molar-refractivity contribution in [3.05, 3.63) is 59.0 Å². The average molecular weight is 368 g/mol. The Bertz CT molecular complexity index is 989. The van der Waals surface area contributed by atoms with Gasteiger partial charge in [0.15, 0.2) is 18.1 Å². The predicted molar refractivity (Wildman–Crippen MR) is 97.9 cm³/mol. The molecule has 1 atom stereocenters. The van der Waals surface area contributed by atoms with E-state index in [0.29, 0.717) is 33.9 Å². The molecule has 8 nitrogen and oxygen atoms in total. The van der Waals surface area contributed by atoms with Crippen LogP contribution in [0.1, 0.15) is 40.3 Å². The Morgan fingerprint density at radius 1 is 1.22 bits per heavy atom. The van der Waals surface area contributed by atoms with Gasteiger partial charge in [0.2, 0.25) is 0 Å². The van der Waals surface area contributed by atoms with E-state index in [2.05, 4.69) is 15.5 Å². The zero-order valence-electron chi connectivity index (χ0n) is 15.3. The number of rotatable bonds is 6. The molecule has 3 rings (SSSR count). The third kappa shape index (κ3) is 3.89. The third-order valence-corrected chi connectivity index (χ3v) is 4.14. The number of ether oxygens (including phenoxy) is 1. The Morgan fingerprint density at radius 2 is 1.93 bits per heavy atom. The van der Waals surface area contributed by atoms with Crippen molar-refractivity contribution in [2.75, 3.05) is 6.61 Å². The van der Waals surface area contributed by atoms with Gasteiger partial charge in [-0.25, -0.2) is 4.79 Å². The number of benzene rings is 1. The van der Waals surface area contributed by atoms with E-state index in [9.17, 15) is 9.59 Å². The molecule has 0 bridgehead atoms. The quantitative estimate of drug-likeness (QED) is 0.692. The maximum Gasteiger partial charge on any atom is 0.341 e. The molecule has 3 aromatic rings. The van der Waals surface area contributed by atoms with Crippen LogP contribution in [0, 0.1) is 13.8 Å². The number of carbonyl (C=O) groups is 2. The van der Waals surface area contributed by atoms with Gasteiger partial charge >= 0.3 is 5.97 Å². The Balaban J connectivity index is 1.78. The minimum absolute atomic E-state index is 0.258. The standard InChI is InChI=1S/C19H20N4O4/c1-11-8-14(9-12(2)17(11)27-10-16(24)25)19(26)20-13(3)18-22-21-15-6-4-5-7-23(15)18/h4-9,13H,10H2,1-3H3,(H,20,26)(H,24,25). The molecule has 1 aromatic carbocycles. The molecule has 1 unspecified atom stereocenters. The van der Waals surface area contributed by atoms with Gasteiger partial charge in [-0.15, -0.1) is 10.2 Å². The van der Waals surface area contributed by atoms with E-state index in [1.54, 1.807) is 26.0 Å². The van der Waals surface area contributed by atoms with E-state index in [0.717, 1.165) is 0 Å². The summed E-state index contributed by atoms with van der Waals surface area (Å²) in [4.78, 5) is 23.4. The number of carboxylic acids is 1. The van der Waals surface area contributed by atoms with Crippen LogP contribution in [0.2, 0.25) is 0 Å². The number of aryl methyl sites for hydroxylation is 2. The van der Waals surface area contributed by atoms with Crippen molar-refractivity contribution in [3.8, 4) is 5.75 Å². The van der Waals surface area contributed by atoms with Gasteiger partial charge in [0, 0.05) is 11.8 Å². The van der Waals surface area contributed by atoms with Gasteiger partial charge in [-0.3, -0.25) is 9.20 Å². The number of aliphatic carboxylic acids is 1. The van der Waals surface area contributed by atoms with Crippen LogP contribution < -0.4 is 10.1 Å². The maximum atomic E-state index is 12.7. The molecule has 0 radical (unpaired) electrons. The summed E-state index contributed by atoms with van der Waals surface area (Å²) in [7, 11) is 0. The fourth-order valence-electron chi connectivity index (χ4n) is 2.94. The van der Waals surface area contributed by atoms with Crippen molar-refractivity contribution in [2.24, 2.45) is 0 Å². The number of carboxylic acid groups (broad SMARTS) is 1. The Kier molecular flexibility index (Phi) is 5.07. The first kappa shape index (κ1) is 18.4. The zero-order chi connectivity index (χ0) is 19.6. The maximum absolute atomic E-state index is 12.7. The number of pyridine rings is 1. The van der Waals surface area contributed by atoms with Crippen molar-refractivity contribution in [2.45, 2.75) is 26.8 Å². The minimum Gasteiger partial charge on any atom is -0.481 e. The van der Waals surface area contributed by atoms with E-state index in [-0.39, 0.29) is 11.9 Å². The van der Waals surface area contributed by atoms with E-state index in [1.165, 1.54) is 0 Å². The minimum atomic E-state index is -1.05. The lowest BCUT2D eigenvalue weighted by molar-refractivity contribution is -0.139. The lowest BCUT2D eigenvalue weighted by Crippen LogP contribution is -2.28. The number of carbonyl (C=O) groups excluding carboxylic acids is 1. The summed E-state index contributed by atoms with van der Waals surface area (Å²) in [6.45, 7) is 4.96. The second-order valence-corrected chi connectivity index (χ2v) is 6.30. The van der Waals surface area contributed by atoms with Crippen LogP contribution in [0.5, 0.6) is 5.75 Å². The Hall–Kier alpha value is -3.42. The second-order valence-electron chi connectivity index (χ2n) is 6.30. The Morgan fingerprint density at radius 3 is 2.59 bits per heavy atom. The van der Waals surface area contributed by atoms with E-state index in [1.807, 2.05) is 35.7 Å². The van der Waals surface area contributed by atoms with Crippen LogP contribution in [0.3, 0.4) is 0 Å². The summed E-state index contributed by atoms with van der Waals surface area (Å²) in [5.74, 6) is -0.199. The molecule has 0 saturated carbocycles.